The molecule has 1 aliphatic heterocycles. The molecule has 3 heterocycles. The van der Waals surface area contributed by atoms with Gasteiger partial charge in [-0.3, -0.25) is 9.48 Å². The maximum atomic E-state index is 14.7. The van der Waals surface area contributed by atoms with Gasteiger partial charge in [-0.15, -0.1) is 11.3 Å². The fraction of sp³-hybridized carbons (Fsp3) is 0.333. The van der Waals surface area contributed by atoms with Gasteiger partial charge in [-0.1, -0.05) is 23.7 Å². The number of halogens is 4. The average molecular weight is 454 g/mol. The second kappa shape index (κ2) is 8.17. The molecule has 0 radical (unpaired) electrons. The molecule has 0 unspecified atom stereocenters. The van der Waals surface area contributed by atoms with E-state index in [1.165, 1.54) is 29.1 Å². The normalized spacial score (nSPS) is 15.9. The maximum Gasteiger partial charge on any atom is 0.284 e. The van der Waals surface area contributed by atoms with E-state index in [2.05, 4.69) is 5.10 Å². The van der Waals surface area contributed by atoms with Crippen molar-refractivity contribution in [3.05, 3.63) is 62.7 Å². The van der Waals surface area contributed by atoms with Crippen molar-refractivity contribution in [2.24, 2.45) is 11.7 Å². The summed E-state index contributed by atoms with van der Waals surface area (Å²) in [4.78, 5) is 13.0. The van der Waals surface area contributed by atoms with Crippen LogP contribution in [0.3, 0.4) is 0 Å². The Hall–Kier alpha value is -2.16. The van der Waals surface area contributed by atoms with Crippen molar-refractivity contribution < 1.29 is 18.0 Å². The number of ketones is 1. The molecule has 1 aromatic carbocycles. The number of hydrogen-bond acceptors (Lipinski definition) is 4. The Labute approximate surface area is 180 Å². The Morgan fingerprint density at radius 3 is 2.90 bits per heavy atom. The Balaban J connectivity index is 1.61. The van der Waals surface area contributed by atoms with E-state index in [1.807, 2.05) is 0 Å². The molecule has 30 heavy (non-hydrogen) atoms. The molecule has 2 aromatic heterocycles. The highest BCUT2D eigenvalue weighted by molar-refractivity contribution is 7.14. The van der Waals surface area contributed by atoms with Crippen LogP contribution in [0.15, 0.2) is 36.5 Å². The summed E-state index contributed by atoms with van der Waals surface area (Å²) in [6, 6.07) is 7.61. The van der Waals surface area contributed by atoms with Crippen LogP contribution in [0.2, 0.25) is 5.02 Å². The summed E-state index contributed by atoms with van der Waals surface area (Å²) in [6.45, 7) is 0.269. The molecule has 1 atom stereocenters. The topological polar surface area (TPSA) is 60.9 Å². The van der Waals surface area contributed by atoms with Crippen molar-refractivity contribution >= 4 is 28.7 Å². The molecular weight excluding hydrogens is 435 g/mol. The molecule has 0 bridgehead atoms. The molecule has 0 saturated heterocycles. The first-order valence-corrected chi connectivity index (χ1v) is 10.7. The van der Waals surface area contributed by atoms with Crippen LogP contribution in [0.5, 0.6) is 0 Å². The Morgan fingerprint density at radius 1 is 1.37 bits per heavy atom. The minimum atomic E-state index is -3.07. The number of alkyl halides is 2. The fourth-order valence-electron chi connectivity index (χ4n) is 3.73. The lowest BCUT2D eigenvalue weighted by Crippen LogP contribution is -2.20. The molecule has 9 heteroatoms. The number of nitrogens with zero attached hydrogens (tertiary/aromatic N) is 2. The van der Waals surface area contributed by atoms with E-state index >= 15 is 0 Å². The second-order valence-electron chi connectivity index (χ2n) is 7.44. The summed E-state index contributed by atoms with van der Waals surface area (Å²) in [7, 11) is 0. The summed E-state index contributed by atoms with van der Waals surface area (Å²) in [5.41, 5.74) is 7.23. The quantitative estimate of drug-likeness (QED) is 0.516. The van der Waals surface area contributed by atoms with Crippen LogP contribution in [-0.2, 0) is 18.9 Å². The number of Topliss-reactive ketones (excluding diaryl/α,β-unsaturated/α-hetero) is 1. The van der Waals surface area contributed by atoms with Gasteiger partial charge < -0.3 is 5.73 Å². The molecule has 0 spiro atoms. The average Bonchev–Trinajstić information content (AvgIpc) is 3.27. The molecule has 4 nitrogen and oxygen atoms in total. The lowest BCUT2D eigenvalue weighted by atomic mass is 9.93. The first kappa shape index (κ1) is 21.1. The van der Waals surface area contributed by atoms with Gasteiger partial charge in [0.25, 0.3) is 5.92 Å². The van der Waals surface area contributed by atoms with E-state index in [9.17, 15) is 18.0 Å². The molecule has 3 aromatic rings. The van der Waals surface area contributed by atoms with Crippen LogP contribution in [0.1, 0.15) is 33.0 Å². The largest absolute Gasteiger partial charge is 0.330 e. The van der Waals surface area contributed by atoms with Gasteiger partial charge in [0, 0.05) is 24.9 Å². The smallest absolute Gasteiger partial charge is 0.284 e. The predicted molar refractivity (Wildman–Crippen MR) is 111 cm³/mol. The molecule has 0 fully saturated rings. The zero-order chi connectivity index (χ0) is 21.5. The van der Waals surface area contributed by atoms with Gasteiger partial charge in [0.2, 0.25) is 0 Å². The van der Waals surface area contributed by atoms with Crippen LogP contribution < -0.4 is 5.73 Å². The molecule has 158 valence electrons. The van der Waals surface area contributed by atoms with Crippen molar-refractivity contribution in [1.82, 2.24) is 9.78 Å². The second-order valence-corrected chi connectivity index (χ2v) is 8.89. The Bertz CT molecular complexity index is 1100. The molecule has 4 rings (SSSR count). The lowest BCUT2D eigenvalue weighted by Gasteiger charge is -2.14. The van der Waals surface area contributed by atoms with Crippen molar-refractivity contribution in [2.45, 2.75) is 31.7 Å². The SMILES string of the molecule is NC[C@@H](CC(=O)c1cc2c(s1)C(F)(F)CCn1ncc(Cl)c1-2)Cc1cccc(F)c1. The predicted octanol–water partition coefficient (Wildman–Crippen LogP) is 5.29. The van der Waals surface area contributed by atoms with Crippen molar-refractivity contribution in [2.75, 3.05) is 6.54 Å². The third-order valence-corrected chi connectivity index (χ3v) is 6.81. The summed E-state index contributed by atoms with van der Waals surface area (Å²) < 4.78 is 44.3. The van der Waals surface area contributed by atoms with Crippen LogP contribution in [0, 0.1) is 11.7 Å². The zero-order valence-electron chi connectivity index (χ0n) is 15.9. The van der Waals surface area contributed by atoms with E-state index in [1.54, 1.807) is 12.1 Å². The van der Waals surface area contributed by atoms with Crippen LogP contribution >= 0.6 is 22.9 Å². The van der Waals surface area contributed by atoms with Crippen LogP contribution in [0.25, 0.3) is 11.3 Å². The van der Waals surface area contributed by atoms with Gasteiger partial charge in [-0.2, -0.15) is 5.10 Å². The van der Waals surface area contributed by atoms with E-state index in [0.29, 0.717) is 12.1 Å². The summed E-state index contributed by atoms with van der Waals surface area (Å²) in [5, 5.41) is 4.35. The highest BCUT2D eigenvalue weighted by Gasteiger charge is 2.40. The van der Waals surface area contributed by atoms with E-state index in [0.717, 1.165) is 16.9 Å². The number of thiophene rings is 1. The van der Waals surface area contributed by atoms with Gasteiger partial charge in [-0.25, -0.2) is 13.2 Å². The highest BCUT2D eigenvalue weighted by Crippen LogP contribution is 2.48. The molecule has 0 saturated carbocycles. The minimum Gasteiger partial charge on any atom is -0.330 e. The minimum absolute atomic E-state index is 0.0443. The molecule has 2 N–H and O–H groups in total. The van der Waals surface area contributed by atoms with Crippen LogP contribution in [0.4, 0.5) is 13.2 Å². The highest BCUT2D eigenvalue weighted by atomic mass is 35.5. The first-order valence-electron chi connectivity index (χ1n) is 9.50. The number of nitrogens with two attached hydrogens (primary N) is 1. The number of aromatic nitrogens is 2. The number of rotatable bonds is 6. The fourth-order valence-corrected chi connectivity index (χ4v) is 5.09. The summed E-state index contributed by atoms with van der Waals surface area (Å²) in [6.07, 6.45) is 1.53. The molecule has 0 aliphatic carbocycles. The third kappa shape index (κ3) is 4.04. The van der Waals surface area contributed by atoms with Gasteiger partial charge in [0.05, 0.1) is 26.7 Å². The first-order chi connectivity index (χ1) is 14.3. The number of carbonyl (C=O) groups is 1. The van der Waals surface area contributed by atoms with Gasteiger partial charge in [-0.05, 0) is 42.6 Å². The van der Waals surface area contributed by atoms with Gasteiger partial charge >= 0.3 is 0 Å². The van der Waals surface area contributed by atoms with Crippen LogP contribution in [-0.4, -0.2) is 22.1 Å². The van der Waals surface area contributed by atoms with Crippen molar-refractivity contribution in [1.29, 1.82) is 0 Å². The molecule has 1 aliphatic rings. The number of aryl methyl sites for hydroxylation is 1. The molecular formula is C21H19ClF3N3OS. The van der Waals surface area contributed by atoms with Gasteiger partial charge in [0.15, 0.2) is 5.78 Å². The Kier molecular flexibility index (Phi) is 5.74. The van der Waals surface area contributed by atoms with E-state index < -0.39 is 12.3 Å². The lowest BCUT2D eigenvalue weighted by molar-refractivity contribution is -0.0122. The summed E-state index contributed by atoms with van der Waals surface area (Å²) >= 11 is 6.99. The van der Waals surface area contributed by atoms with Gasteiger partial charge in [0.1, 0.15) is 5.82 Å². The van der Waals surface area contributed by atoms with E-state index in [-0.39, 0.29) is 57.4 Å². The monoisotopic (exact) mass is 453 g/mol. The number of hydrogen-bond donors (Lipinski definition) is 1. The molecule has 0 amide bonds. The van der Waals surface area contributed by atoms with Crippen molar-refractivity contribution in [3.8, 4) is 11.3 Å². The van der Waals surface area contributed by atoms with Crippen molar-refractivity contribution in [3.63, 3.8) is 0 Å². The summed E-state index contributed by atoms with van der Waals surface area (Å²) in [5.74, 6) is -3.92. The standard InChI is InChI=1S/C21H19ClF3N3OS/c22-16-11-27-28-5-4-21(24,25)20-15(19(16)28)9-18(30-20)17(29)8-13(10-26)6-12-2-1-3-14(23)7-12/h1-3,7,9,11,13H,4-6,8,10,26H2/t13-/m1/s1. The zero-order valence-corrected chi connectivity index (χ0v) is 17.4. The number of benzene rings is 1. The third-order valence-electron chi connectivity index (χ3n) is 5.25. The number of carbonyl (C=O) groups excluding carboxylic acids is 1. The Morgan fingerprint density at radius 2 is 2.17 bits per heavy atom. The maximum absolute atomic E-state index is 14.7. The number of fused-ring (bicyclic) bond motifs is 3. The van der Waals surface area contributed by atoms with E-state index in [4.69, 9.17) is 17.3 Å².